The lowest BCUT2D eigenvalue weighted by Gasteiger charge is -2.32. The zero-order valence-corrected chi connectivity index (χ0v) is 12.3. The van der Waals surface area contributed by atoms with Gasteiger partial charge in [-0.2, -0.15) is 0 Å². The first-order chi connectivity index (χ1) is 8.93. The highest BCUT2D eigenvalue weighted by Crippen LogP contribution is 2.33. The van der Waals surface area contributed by atoms with Crippen LogP contribution in [0.3, 0.4) is 0 Å². The smallest absolute Gasteiger partial charge is 0.236 e. The van der Waals surface area contributed by atoms with Gasteiger partial charge in [0.2, 0.25) is 5.91 Å². The minimum atomic E-state index is -0.661. The van der Waals surface area contributed by atoms with Crippen LogP contribution >= 0.6 is 0 Å². The molecule has 5 heteroatoms. The SMILES string of the molecule is CC(C)[C@]1(O)CN(CC(=O)N2CCOCC2)C[C@H]1C. The van der Waals surface area contributed by atoms with E-state index in [1.165, 1.54) is 0 Å². The van der Waals surface area contributed by atoms with Gasteiger partial charge in [0.05, 0.1) is 25.4 Å². The van der Waals surface area contributed by atoms with E-state index in [2.05, 4.69) is 11.8 Å². The van der Waals surface area contributed by atoms with Gasteiger partial charge in [0, 0.05) is 26.2 Å². The molecule has 1 amide bonds. The van der Waals surface area contributed by atoms with Crippen molar-refractivity contribution in [1.29, 1.82) is 0 Å². The molecule has 0 aromatic rings. The second kappa shape index (κ2) is 5.77. The van der Waals surface area contributed by atoms with Crippen molar-refractivity contribution < 1.29 is 14.6 Å². The quantitative estimate of drug-likeness (QED) is 0.795. The highest BCUT2D eigenvalue weighted by molar-refractivity contribution is 5.78. The standard InChI is InChI=1S/C14H26N2O3/c1-11(2)14(18)10-15(8-12(14)3)9-13(17)16-4-6-19-7-5-16/h11-12,18H,4-10H2,1-3H3/t12-,14-/m1/s1. The normalized spacial score (nSPS) is 33.1. The largest absolute Gasteiger partial charge is 0.388 e. The zero-order chi connectivity index (χ0) is 14.0. The fourth-order valence-electron chi connectivity index (χ4n) is 3.10. The van der Waals surface area contributed by atoms with Crippen LogP contribution in [-0.2, 0) is 9.53 Å². The predicted octanol–water partition coefficient (Wildman–Crippen LogP) is 0.184. The summed E-state index contributed by atoms with van der Waals surface area (Å²) in [7, 11) is 0. The van der Waals surface area contributed by atoms with Crippen molar-refractivity contribution in [2.45, 2.75) is 26.4 Å². The molecular formula is C14H26N2O3. The Morgan fingerprint density at radius 2 is 2.05 bits per heavy atom. The average Bonchev–Trinajstić information content (AvgIpc) is 2.67. The number of hydrogen-bond donors (Lipinski definition) is 1. The Morgan fingerprint density at radius 1 is 1.42 bits per heavy atom. The number of β-amino-alcohol motifs (C(OH)–C–C–N with tert-alkyl or cyclic N) is 1. The van der Waals surface area contributed by atoms with Crippen LogP contribution in [0, 0.1) is 11.8 Å². The van der Waals surface area contributed by atoms with E-state index in [1.807, 2.05) is 18.7 Å². The molecule has 2 rings (SSSR count). The van der Waals surface area contributed by atoms with Gasteiger partial charge in [-0.25, -0.2) is 0 Å². The molecule has 0 bridgehead atoms. The number of amides is 1. The highest BCUT2D eigenvalue weighted by atomic mass is 16.5. The van der Waals surface area contributed by atoms with Gasteiger partial charge in [-0.15, -0.1) is 0 Å². The molecule has 2 aliphatic heterocycles. The number of likely N-dealkylation sites (tertiary alicyclic amines) is 1. The van der Waals surface area contributed by atoms with E-state index in [0.29, 0.717) is 39.4 Å². The molecule has 1 N–H and O–H groups in total. The molecule has 19 heavy (non-hydrogen) atoms. The third-order valence-corrected chi connectivity index (χ3v) is 4.58. The maximum absolute atomic E-state index is 12.2. The number of nitrogens with zero attached hydrogens (tertiary/aromatic N) is 2. The van der Waals surface area contributed by atoms with Gasteiger partial charge in [-0.1, -0.05) is 20.8 Å². The van der Waals surface area contributed by atoms with Crippen molar-refractivity contribution in [3.63, 3.8) is 0 Å². The van der Waals surface area contributed by atoms with Crippen LogP contribution in [0.5, 0.6) is 0 Å². The first kappa shape index (κ1) is 14.8. The lowest BCUT2D eigenvalue weighted by atomic mass is 9.82. The number of hydrogen-bond acceptors (Lipinski definition) is 4. The van der Waals surface area contributed by atoms with Crippen molar-refractivity contribution in [2.75, 3.05) is 45.9 Å². The molecule has 0 unspecified atom stereocenters. The van der Waals surface area contributed by atoms with Crippen LogP contribution in [0.4, 0.5) is 0 Å². The molecule has 110 valence electrons. The summed E-state index contributed by atoms with van der Waals surface area (Å²) in [5, 5.41) is 10.6. The molecule has 2 fully saturated rings. The van der Waals surface area contributed by atoms with Crippen molar-refractivity contribution in [2.24, 2.45) is 11.8 Å². The van der Waals surface area contributed by atoms with Gasteiger partial charge in [0.15, 0.2) is 0 Å². The number of rotatable bonds is 3. The number of ether oxygens (including phenoxy) is 1. The van der Waals surface area contributed by atoms with Gasteiger partial charge in [-0.05, 0) is 11.8 Å². The van der Waals surface area contributed by atoms with Gasteiger partial charge >= 0.3 is 0 Å². The Bertz CT molecular complexity index is 329. The lowest BCUT2D eigenvalue weighted by Crippen LogP contribution is -2.46. The molecule has 0 saturated carbocycles. The molecule has 2 atom stereocenters. The molecule has 0 spiro atoms. The van der Waals surface area contributed by atoms with Crippen molar-refractivity contribution in [3.8, 4) is 0 Å². The molecule has 0 aromatic heterocycles. The van der Waals surface area contributed by atoms with Crippen molar-refractivity contribution in [3.05, 3.63) is 0 Å². The van der Waals surface area contributed by atoms with Crippen molar-refractivity contribution >= 4 is 5.91 Å². The zero-order valence-electron chi connectivity index (χ0n) is 12.3. The summed E-state index contributed by atoms with van der Waals surface area (Å²) in [6, 6.07) is 0. The lowest BCUT2D eigenvalue weighted by molar-refractivity contribution is -0.136. The highest BCUT2D eigenvalue weighted by Gasteiger charge is 2.45. The second-order valence-corrected chi connectivity index (χ2v) is 6.21. The van der Waals surface area contributed by atoms with Gasteiger partial charge in [-0.3, -0.25) is 9.69 Å². The Labute approximate surface area is 115 Å². The van der Waals surface area contributed by atoms with Gasteiger partial charge in [0.25, 0.3) is 0 Å². The number of carbonyl (C=O) groups is 1. The van der Waals surface area contributed by atoms with Crippen LogP contribution in [0.15, 0.2) is 0 Å². The molecule has 0 radical (unpaired) electrons. The molecule has 2 saturated heterocycles. The van der Waals surface area contributed by atoms with Gasteiger partial charge < -0.3 is 14.7 Å². The first-order valence-corrected chi connectivity index (χ1v) is 7.23. The summed E-state index contributed by atoms with van der Waals surface area (Å²) in [5.74, 6) is 0.583. The van der Waals surface area contributed by atoms with Crippen molar-refractivity contribution in [1.82, 2.24) is 9.80 Å². The molecule has 2 aliphatic rings. The Morgan fingerprint density at radius 3 is 2.58 bits per heavy atom. The number of morpholine rings is 1. The summed E-state index contributed by atoms with van der Waals surface area (Å²) < 4.78 is 5.25. The van der Waals surface area contributed by atoms with Crippen LogP contribution in [0.2, 0.25) is 0 Å². The van der Waals surface area contributed by atoms with E-state index < -0.39 is 5.60 Å². The molecule has 2 heterocycles. The van der Waals surface area contributed by atoms with Crippen LogP contribution in [0.1, 0.15) is 20.8 Å². The van der Waals surface area contributed by atoms with Gasteiger partial charge in [0.1, 0.15) is 0 Å². The summed E-state index contributed by atoms with van der Waals surface area (Å²) in [5.41, 5.74) is -0.661. The second-order valence-electron chi connectivity index (χ2n) is 6.21. The monoisotopic (exact) mass is 270 g/mol. The fraction of sp³-hybridized carbons (Fsp3) is 0.929. The van der Waals surface area contributed by atoms with E-state index in [9.17, 15) is 9.90 Å². The minimum absolute atomic E-state index is 0.156. The van der Waals surface area contributed by atoms with E-state index in [4.69, 9.17) is 4.74 Å². The average molecular weight is 270 g/mol. The summed E-state index contributed by atoms with van der Waals surface area (Å²) >= 11 is 0. The van der Waals surface area contributed by atoms with E-state index >= 15 is 0 Å². The Kier molecular flexibility index (Phi) is 4.48. The van der Waals surface area contributed by atoms with E-state index in [1.54, 1.807) is 0 Å². The summed E-state index contributed by atoms with van der Waals surface area (Å²) in [6.45, 7) is 10.6. The van der Waals surface area contributed by atoms with Crippen LogP contribution in [0.25, 0.3) is 0 Å². The third-order valence-electron chi connectivity index (χ3n) is 4.58. The molecule has 0 aliphatic carbocycles. The van der Waals surface area contributed by atoms with Crippen LogP contribution in [-0.4, -0.2) is 72.4 Å². The minimum Gasteiger partial charge on any atom is -0.388 e. The number of aliphatic hydroxyl groups is 1. The maximum atomic E-state index is 12.2. The Hall–Kier alpha value is -0.650. The Balaban J connectivity index is 1.89. The summed E-state index contributed by atoms with van der Waals surface area (Å²) in [4.78, 5) is 16.1. The molecular weight excluding hydrogens is 244 g/mol. The molecule has 5 nitrogen and oxygen atoms in total. The van der Waals surface area contributed by atoms with E-state index in [-0.39, 0.29) is 17.7 Å². The number of carbonyl (C=O) groups excluding carboxylic acids is 1. The predicted molar refractivity (Wildman–Crippen MR) is 72.8 cm³/mol. The molecule has 0 aromatic carbocycles. The maximum Gasteiger partial charge on any atom is 0.236 e. The van der Waals surface area contributed by atoms with Crippen LogP contribution < -0.4 is 0 Å². The van der Waals surface area contributed by atoms with E-state index in [0.717, 1.165) is 6.54 Å². The summed E-state index contributed by atoms with van der Waals surface area (Å²) in [6.07, 6.45) is 0. The fourth-order valence-corrected chi connectivity index (χ4v) is 3.10. The third kappa shape index (κ3) is 3.09. The first-order valence-electron chi connectivity index (χ1n) is 7.23. The topological polar surface area (TPSA) is 53.0 Å².